The lowest BCUT2D eigenvalue weighted by Gasteiger charge is -2.15. The maximum absolute atomic E-state index is 11.8. The molecular formula is C11H14N2O2. The lowest BCUT2D eigenvalue weighted by Crippen LogP contribution is -2.30. The average Bonchev–Trinajstić information content (AvgIpc) is 2.47. The van der Waals surface area contributed by atoms with Gasteiger partial charge in [0.1, 0.15) is 0 Å². The van der Waals surface area contributed by atoms with Crippen LogP contribution >= 0.6 is 0 Å². The molecule has 0 spiro atoms. The Bertz CT molecular complexity index is 362. The highest BCUT2D eigenvalue weighted by Crippen LogP contribution is 2.27. The Kier molecular flexibility index (Phi) is 2.44. The first kappa shape index (κ1) is 10.1. The molecule has 80 valence electrons. The summed E-state index contributed by atoms with van der Waals surface area (Å²) in [4.78, 5) is 21.3. The molecular weight excluding hydrogens is 192 g/mol. The van der Waals surface area contributed by atoms with Crippen LogP contribution in [0.1, 0.15) is 19.5 Å². The molecule has 4 nitrogen and oxygen atoms in total. The molecule has 1 fully saturated rings. The van der Waals surface area contributed by atoms with E-state index in [1.54, 1.807) is 6.20 Å². The standard InChI is InChI=1S/C11H14N2O2/c1-11(2)8-15-13(10(11)14)7-9-5-3-4-6-12-9/h3-6H,7-8H2,1-2H3. The first-order valence-corrected chi connectivity index (χ1v) is 4.94. The number of carbonyl (C=O) groups excluding carboxylic acids is 1. The van der Waals surface area contributed by atoms with Crippen molar-refractivity contribution < 1.29 is 9.63 Å². The van der Waals surface area contributed by atoms with E-state index >= 15 is 0 Å². The van der Waals surface area contributed by atoms with Gasteiger partial charge in [0, 0.05) is 6.20 Å². The molecule has 2 heterocycles. The van der Waals surface area contributed by atoms with E-state index in [9.17, 15) is 4.79 Å². The van der Waals surface area contributed by atoms with Crippen LogP contribution in [0.4, 0.5) is 0 Å². The third-order valence-electron chi connectivity index (χ3n) is 2.42. The maximum Gasteiger partial charge on any atom is 0.254 e. The van der Waals surface area contributed by atoms with Gasteiger partial charge in [-0.1, -0.05) is 6.07 Å². The van der Waals surface area contributed by atoms with E-state index in [4.69, 9.17) is 4.84 Å². The van der Waals surface area contributed by atoms with Gasteiger partial charge in [0.05, 0.1) is 24.3 Å². The number of hydrogen-bond donors (Lipinski definition) is 0. The third-order valence-corrected chi connectivity index (χ3v) is 2.42. The second-order valence-electron chi connectivity index (χ2n) is 4.32. The molecule has 0 aliphatic carbocycles. The smallest absolute Gasteiger partial charge is 0.254 e. The predicted octanol–water partition coefficient (Wildman–Crippen LogP) is 1.38. The number of rotatable bonds is 2. The van der Waals surface area contributed by atoms with E-state index in [-0.39, 0.29) is 5.91 Å². The van der Waals surface area contributed by atoms with E-state index < -0.39 is 5.41 Å². The minimum atomic E-state index is -0.408. The largest absolute Gasteiger partial charge is 0.272 e. The maximum atomic E-state index is 11.8. The molecule has 0 aromatic carbocycles. The molecule has 0 saturated carbocycles. The van der Waals surface area contributed by atoms with Crippen molar-refractivity contribution in [1.29, 1.82) is 0 Å². The number of hydroxylamine groups is 2. The van der Waals surface area contributed by atoms with Crippen molar-refractivity contribution in [3.05, 3.63) is 30.1 Å². The second kappa shape index (κ2) is 3.62. The van der Waals surface area contributed by atoms with Gasteiger partial charge >= 0.3 is 0 Å². The molecule has 0 atom stereocenters. The molecule has 1 aromatic heterocycles. The van der Waals surface area contributed by atoms with Crippen molar-refractivity contribution in [1.82, 2.24) is 10.0 Å². The first-order chi connectivity index (χ1) is 7.09. The molecule has 0 unspecified atom stereocenters. The molecule has 1 aliphatic rings. The summed E-state index contributed by atoms with van der Waals surface area (Å²) in [5.74, 6) is 0.0214. The SMILES string of the molecule is CC1(C)CON(Cc2ccccn2)C1=O. The molecule has 1 aliphatic heterocycles. The van der Waals surface area contributed by atoms with Crippen LogP contribution in [-0.4, -0.2) is 22.6 Å². The fourth-order valence-corrected chi connectivity index (χ4v) is 1.45. The van der Waals surface area contributed by atoms with E-state index in [2.05, 4.69) is 4.98 Å². The zero-order chi connectivity index (χ0) is 10.9. The van der Waals surface area contributed by atoms with Crippen LogP contribution in [0.15, 0.2) is 24.4 Å². The number of hydrogen-bond acceptors (Lipinski definition) is 3. The fourth-order valence-electron chi connectivity index (χ4n) is 1.45. The van der Waals surface area contributed by atoms with E-state index in [1.165, 1.54) is 5.06 Å². The fraction of sp³-hybridized carbons (Fsp3) is 0.455. The molecule has 4 heteroatoms. The molecule has 15 heavy (non-hydrogen) atoms. The Morgan fingerprint density at radius 1 is 1.53 bits per heavy atom. The summed E-state index contributed by atoms with van der Waals surface area (Å²) in [6.45, 7) is 4.63. The summed E-state index contributed by atoms with van der Waals surface area (Å²) in [6, 6.07) is 5.62. The summed E-state index contributed by atoms with van der Waals surface area (Å²) >= 11 is 0. The minimum Gasteiger partial charge on any atom is -0.272 e. The van der Waals surface area contributed by atoms with Crippen LogP contribution in [0, 0.1) is 5.41 Å². The van der Waals surface area contributed by atoms with Crippen molar-refractivity contribution in [3.8, 4) is 0 Å². The highest BCUT2D eigenvalue weighted by Gasteiger charge is 2.40. The Labute approximate surface area is 88.8 Å². The van der Waals surface area contributed by atoms with Crippen molar-refractivity contribution in [2.24, 2.45) is 5.41 Å². The Balaban J connectivity index is 2.06. The van der Waals surface area contributed by atoms with Crippen molar-refractivity contribution in [2.75, 3.05) is 6.61 Å². The van der Waals surface area contributed by atoms with Crippen LogP contribution in [0.3, 0.4) is 0 Å². The first-order valence-electron chi connectivity index (χ1n) is 4.94. The second-order valence-corrected chi connectivity index (χ2v) is 4.32. The van der Waals surface area contributed by atoms with Crippen LogP contribution in [-0.2, 0) is 16.2 Å². The minimum absolute atomic E-state index is 0.0214. The van der Waals surface area contributed by atoms with Gasteiger partial charge in [0.15, 0.2) is 0 Å². The van der Waals surface area contributed by atoms with Crippen molar-refractivity contribution >= 4 is 5.91 Å². The van der Waals surface area contributed by atoms with Gasteiger partial charge in [-0.2, -0.15) is 0 Å². The van der Waals surface area contributed by atoms with Crippen LogP contribution in [0.25, 0.3) is 0 Å². The lowest BCUT2D eigenvalue weighted by molar-refractivity contribution is -0.165. The van der Waals surface area contributed by atoms with Crippen LogP contribution < -0.4 is 0 Å². The monoisotopic (exact) mass is 206 g/mol. The van der Waals surface area contributed by atoms with Gasteiger partial charge < -0.3 is 0 Å². The lowest BCUT2D eigenvalue weighted by atomic mass is 9.95. The third kappa shape index (κ3) is 1.99. The summed E-state index contributed by atoms with van der Waals surface area (Å²) < 4.78 is 0. The molecule has 1 amide bonds. The Morgan fingerprint density at radius 2 is 2.33 bits per heavy atom. The quantitative estimate of drug-likeness (QED) is 0.734. The molecule has 0 radical (unpaired) electrons. The van der Waals surface area contributed by atoms with Gasteiger partial charge in [-0.15, -0.1) is 0 Å². The van der Waals surface area contributed by atoms with E-state index in [1.807, 2.05) is 32.0 Å². The normalized spacial score (nSPS) is 19.6. The van der Waals surface area contributed by atoms with Crippen LogP contribution in [0.2, 0.25) is 0 Å². The number of pyridine rings is 1. The highest BCUT2D eigenvalue weighted by molar-refractivity contribution is 5.82. The van der Waals surface area contributed by atoms with Gasteiger partial charge in [0.2, 0.25) is 0 Å². The zero-order valence-corrected chi connectivity index (χ0v) is 8.93. The van der Waals surface area contributed by atoms with E-state index in [0.29, 0.717) is 13.2 Å². The molecule has 1 saturated heterocycles. The Morgan fingerprint density at radius 3 is 2.87 bits per heavy atom. The number of nitrogens with zero attached hydrogens (tertiary/aromatic N) is 2. The highest BCUT2D eigenvalue weighted by atomic mass is 16.7. The molecule has 0 bridgehead atoms. The van der Waals surface area contributed by atoms with Gasteiger partial charge in [-0.3, -0.25) is 14.6 Å². The number of aromatic nitrogens is 1. The summed E-state index contributed by atoms with van der Waals surface area (Å²) in [5, 5.41) is 1.39. The molecule has 0 N–H and O–H groups in total. The molecule has 2 rings (SSSR count). The van der Waals surface area contributed by atoms with E-state index in [0.717, 1.165) is 5.69 Å². The van der Waals surface area contributed by atoms with Gasteiger partial charge in [-0.25, -0.2) is 5.06 Å². The van der Waals surface area contributed by atoms with Crippen molar-refractivity contribution in [3.63, 3.8) is 0 Å². The molecule has 1 aromatic rings. The topological polar surface area (TPSA) is 42.4 Å². The van der Waals surface area contributed by atoms with Crippen LogP contribution in [0.5, 0.6) is 0 Å². The predicted molar refractivity (Wildman–Crippen MR) is 54.5 cm³/mol. The van der Waals surface area contributed by atoms with Gasteiger partial charge in [0.25, 0.3) is 5.91 Å². The summed E-state index contributed by atoms with van der Waals surface area (Å²) in [5.41, 5.74) is 0.429. The Hall–Kier alpha value is -1.42. The van der Waals surface area contributed by atoms with Crippen molar-refractivity contribution in [2.45, 2.75) is 20.4 Å². The zero-order valence-electron chi connectivity index (χ0n) is 8.93. The summed E-state index contributed by atoms with van der Waals surface area (Å²) in [6.07, 6.45) is 1.71. The number of amides is 1. The summed E-state index contributed by atoms with van der Waals surface area (Å²) in [7, 11) is 0. The number of carbonyl (C=O) groups is 1. The van der Waals surface area contributed by atoms with Gasteiger partial charge in [-0.05, 0) is 26.0 Å². The average molecular weight is 206 g/mol.